The molecule has 2 atom stereocenters. The van der Waals surface area contributed by atoms with Crippen molar-refractivity contribution in [2.24, 2.45) is 0 Å². The molecule has 6 rings (SSSR count). The van der Waals surface area contributed by atoms with E-state index in [1.54, 1.807) is 37.4 Å². The number of aliphatic hydroxyl groups is 1. The van der Waals surface area contributed by atoms with Crippen LogP contribution >= 0.6 is 11.6 Å². The maximum absolute atomic E-state index is 13.6. The standard InChI is InChI=1S/C33H36ClN9O4/c1-20(31(45)39-27(19-44)26-5-4-6-28(38-26)42-13-11-41(2)12-14-42)43-18-22-8-7-21(15-24(22)32(43)46)30-25(34)17-36-33(40-30)37-23-9-10-35-29(16-23)47-3/h4-10,15-17,20,27,44H,11-14,18-19H2,1-3H3,(H,39,45)(H,35,36,37,40). The average molecular weight is 658 g/mol. The predicted octanol–water partition coefficient (Wildman–Crippen LogP) is 3.29. The number of nitrogens with zero attached hydrogens (tertiary/aromatic N) is 7. The second kappa shape index (κ2) is 13.9. The van der Waals surface area contributed by atoms with Gasteiger partial charge in [0.15, 0.2) is 0 Å². The molecule has 0 aliphatic carbocycles. The van der Waals surface area contributed by atoms with Crippen molar-refractivity contribution in [3.63, 3.8) is 0 Å². The number of halogens is 1. The third-order valence-corrected chi connectivity index (χ3v) is 8.72. The highest BCUT2D eigenvalue weighted by atomic mass is 35.5. The Bertz CT molecular complexity index is 1780. The number of aliphatic hydroxyl groups excluding tert-OH is 1. The van der Waals surface area contributed by atoms with E-state index < -0.39 is 12.1 Å². The highest BCUT2D eigenvalue weighted by Gasteiger charge is 2.35. The molecule has 3 aromatic heterocycles. The largest absolute Gasteiger partial charge is 0.481 e. The number of pyridine rings is 2. The van der Waals surface area contributed by atoms with Crippen molar-refractivity contribution in [2.45, 2.75) is 25.6 Å². The fourth-order valence-electron chi connectivity index (χ4n) is 5.63. The van der Waals surface area contributed by atoms with Crippen LogP contribution in [0, 0.1) is 0 Å². The summed E-state index contributed by atoms with van der Waals surface area (Å²) in [6, 6.07) is 13.0. The van der Waals surface area contributed by atoms with Crippen LogP contribution in [0.2, 0.25) is 5.02 Å². The van der Waals surface area contributed by atoms with Gasteiger partial charge in [0.1, 0.15) is 11.9 Å². The topological polar surface area (TPSA) is 149 Å². The monoisotopic (exact) mass is 657 g/mol. The summed E-state index contributed by atoms with van der Waals surface area (Å²) >= 11 is 6.50. The molecule has 2 aliphatic heterocycles. The van der Waals surface area contributed by atoms with Gasteiger partial charge in [0.2, 0.25) is 17.7 Å². The minimum absolute atomic E-state index is 0.262. The normalized spacial score (nSPS) is 16.1. The highest BCUT2D eigenvalue weighted by Crippen LogP contribution is 2.33. The number of carbonyl (C=O) groups excluding carboxylic acids is 2. The smallest absolute Gasteiger partial charge is 0.255 e. The Hall–Kier alpha value is -4.85. The lowest BCUT2D eigenvalue weighted by molar-refractivity contribution is -0.126. The van der Waals surface area contributed by atoms with E-state index in [0.717, 1.165) is 37.6 Å². The molecule has 13 nitrogen and oxygen atoms in total. The van der Waals surface area contributed by atoms with Crippen LogP contribution in [0.25, 0.3) is 11.3 Å². The lowest BCUT2D eigenvalue weighted by Crippen LogP contribution is -2.47. The first-order chi connectivity index (χ1) is 22.7. The first-order valence-corrected chi connectivity index (χ1v) is 15.7. The van der Waals surface area contributed by atoms with Crippen molar-refractivity contribution >= 4 is 40.9 Å². The number of ether oxygens (including phenoxy) is 1. The van der Waals surface area contributed by atoms with Gasteiger partial charge in [0.05, 0.1) is 42.4 Å². The van der Waals surface area contributed by atoms with Crippen LogP contribution < -0.4 is 20.3 Å². The number of anilines is 3. The molecule has 47 heavy (non-hydrogen) atoms. The van der Waals surface area contributed by atoms with Crippen LogP contribution in [0.3, 0.4) is 0 Å². The van der Waals surface area contributed by atoms with Crippen LogP contribution in [-0.2, 0) is 11.3 Å². The van der Waals surface area contributed by atoms with E-state index in [-0.39, 0.29) is 25.0 Å². The number of fused-ring (bicyclic) bond motifs is 1. The molecular weight excluding hydrogens is 622 g/mol. The molecule has 1 saturated heterocycles. The average Bonchev–Trinajstić information content (AvgIpc) is 3.43. The Labute approximate surface area is 277 Å². The van der Waals surface area contributed by atoms with Gasteiger partial charge in [-0.3, -0.25) is 9.59 Å². The van der Waals surface area contributed by atoms with Gasteiger partial charge in [-0.05, 0) is 43.8 Å². The molecule has 1 fully saturated rings. The number of likely N-dealkylation sites (N-methyl/N-ethyl adjacent to an activating group) is 1. The summed E-state index contributed by atoms with van der Waals surface area (Å²) in [6.45, 7) is 5.17. The van der Waals surface area contributed by atoms with Gasteiger partial charge in [-0.2, -0.15) is 0 Å². The van der Waals surface area contributed by atoms with Crippen LogP contribution in [0.15, 0.2) is 60.9 Å². The number of benzene rings is 1. The number of carbonyl (C=O) groups is 2. The summed E-state index contributed by atoms with van der Waals surface area (Å²) in [5.41, 5.74) is 3.56. The molecule has 3 N–H and O–H groups in total. The Balaban J connectivity index is 1.15. The van der Waals surface area contributed by atoms with Crippen molar-refractivity contribution in [2.75, 3.05) is 57.2 Å². The van der Waals surface area contributed by atoms with Crippen molar-refractivity contribution in [3.05, 3.63) is 82.8 Å². The summed E-state index contributed by atoms with van der Waals surface area (Å²) in [5, 5.41) is 16.5. The lowest BCUT2D eigenvalue weighted by atomic mass is 10.0. The number of hydrogen-bond donors (Lipinski definition) is 3. The van der Waals surface area contributed by atoms with Gasteiger partial charge >= 0.3 is 0 Å². The van der Waals surface area contributed by atoms with E-state index in [1.807, 2.05) is 24.3 Å². The Kier molecular flexibility index (Phi) is 9.48. The van der Waals surface area contributed by atoms with Gasteiger partial charge in [-0.25, -0.2) is 19.9 Å². The van der Waals surface area contributed by atoms with E-state index in [4.69, 9.17) is 21.3 Å². The zero-order valence-electron chi connectivity index (χ0n) is 26.4. The molecule has 244 valence electrons. The van der Waals surface area contributed by atoms with E-state index in [1.165, 1.54) is 18.2 Å². The maximum atomic E-state index is 13.6. The van der Waals surface area contributed by atoms with Crippen molar-refractivity contribution in [1.29, 1.82) is 0 Å². The number of rotatable bonds is 10. The van der Waals surface area contributed by atoms with Gasteiger partial charge in [-0.1, -0.05) is 29.8 Å². The van der Waals surface area contributed by atoms with Gasteiger partial charge in [-0.15, -0.1) is 0 Å². The Morgan fingerprint density at radius 2 is 1.89 bits per heavy atom. The molecule has 0 bridgehead atoms. The molecule has 0 saturated carbocycles. The Morgan fingerprint density at radius 1 is 1.09 bits per heavy atom. The minimum atomic E-state index is -0.802. The summed E-state index contributed by atoms with van der Waals surface area (Å²) in [5.74, 6) is 0.875. The fourth-order valence-corrected chi connectivity index (χ4v) is 5.83. The molecule has 5 heterocycles. The first kappa shape index (κ1) is 32.1. The molecule has 0 radical (unpaired) electrons. The molecule has 2 unspecified atom stereocenters. The van der Waals surface area contributed by atoms with Crippen LogP contribution in [-0.4, -0.2) is 99.6 Å². The zero-order valence-corrected chi connectivity index (χ0v) is 27.1. The molecule has 2 amide bonds. The van der Waals surface area contributed by atoms with Crippen molar-refractivity contribution in [1.82, 2.24) is 35.1 Å². The van der Waals surface area contributed by atoms with Crippen LogP contribution in [0.5, 0.6) is 5.88 Å². The molecule has 1 aromatic carbocycles. The predicted molar refractivity (Wildman–Crippen MR) is 178 cm³/mol. The summed E-state index contributed by atoms with van der Waals surface area (Å²) in [6.07, 6.45) is 3.09. The highest BCUT2D eigenvalue weighted by molar-refractivity contribution is 6.33. The van der Waals surface area contributed by atoms with E-state index in [0.29, 0.717) is 45.1 Å². The van der Waals surface area contributed by atoms with E-state index in [9.17, 15) is 14.7 Å². The second-order valence-electron chi connectivity index (χ2n) is 11.5. The third kappa shape index (κ3) is 6.97. The Morgan fingerprint density at radius 3 is 2.66 bits per heavy atom. The quantitative estimate of drug-likeness (QED) is 0.231. The molecule has 0 spiro atoms. The summed E-state index contributed by atoms with van der Waals surface area (Å²) < 4.78 is 5.18. The molecular formula is C33H36ClN9O4. The first-order valence-electron chi connectivity index (χ1n) is 15.3. The number of aromatic nitrogens is 4. The number of methoxy groups -OCH3 is 1. The summed E-state index contributed by atoms with van der Waals surface area (Å²) in [4.78, 5) is 50.8. The van der Waals surface area contributed by atoms with Crippen LogP contribution in [0.1, 0.15) is 34.6 Å². The van der Waals surface area contributed by atoms with E-state index >= 15 is 0 Å². The third-order valence-electron chi connectivity index (χ3n) is 8.45. The lowest BCUT2D eigenvalue weighted by Gasteiger charge is -2.33. The SMILES string of the molecule is COc1cc(Nc2ncc(Cl)c(-c3ccc4c(c3)C(=O)N(C(C)C(=O)NC(CO)c3cccc(N5CCN(C)CC5)n3)C4)n2)ccn1. The molecule has 14 heteroatoms. The van der Waals surface area contributed by atoms with Crippen molar-refractivity contribution < 1.29 is 19.4 Å². The zero-order chi connectivity index (χ0) is 33.1. The fraction of sp³-hybridized carbons (Fsp3) is 0.333. The summed E-state index contributed by atoms with van der Waals surface area (Å²) in [7, 11) is 3.62. The van der Waals surface area contributed by atoms with Crippen molar-refractivity contribution in [3.8, 4) is 17.1 Å². The number of nitrogens with one attached hydrogen (secondary N) is 2. The number of piperazine rings is 1. The minimum Gasteiger partial charge on any atom is -0.481 e. The number of hydrogen-bond acceptors (Lipinski definition) is 11. The van der Waals surface area contributed by atoms with Gasteiger partial charge < -0.3 is 35.2 Å². The number of amides is 2. The van der Waals surface area contributed by atoms with Crippen LogP contribution in [0.4, 0.5) is 17.5 Å². The van der Waals surface area contributed by atoms with Gasteiger partial charge in [0.25, 0.3) is 5.91 Å². The molecule has 4 aromatic rings. The maximum Gasteiger partial charge on any atom is 0.255 e. The molecule has 2 aliphatic rings. The second-order valence-corrected chi connectivity index (χ2v) is 11.9. The van der Waals surface area contributed by atoms with Gasteiger partial charge in [0, 0.05) is 61.8 Å². The van der Waals surface area contributed by atoms with E-state index in [2.05, 4.69) is 42.4 Å².